The van der Waals surface area contributed by atoms with Crippen LogP contribution in [0.4, 0.5) is 4.39 Å². The zero-order valence-electron chi connectivity index (χ0n) is 11.4. The molecule has 0 saturated carbocycles. The Balaban J connectivity index is 1.94. The molecule has 0 aromatic heterocycles. The van der Waals surface area contributed by atoms with Crippen molar-refractivity contribution < 1.29 is 13.9 Å². The summed E-state index contributed by atoms with van der Waals surface area (Å²) in [6.07, 6.45) is 1.27. The molecule has 2 aromatic rings. The molecule has 0 radical (unpaired) electrons. The van der Waals surface area contributed by atoms with Crippen molar-refractivity contribution in [2.75, 3.05) is 0 Å². The van der Waals surface area contributed by atoms with Gasteiger partial charge in [-0.1, -0.05) is 24.3 Å². The third-order valence-electron chi connectivity index (χ3n) is 2.98. The van der Waals surface area contributed by atoms with Crippen LogP contribution in [0.2, 0.25) is 0 Å². The fourth-order valence-electron chi connectivity index (χ4n) is 1.86. The van der Waals surface area contributed by atoms with E-state index in [-0.39, 0.29) is 11.6 Å². The predicted octanol–water partition coefficient (Wildman–Crippen LogP) is 3.93. The van der Waals surface area contributed by atoms with Gasteiger partial charge in [0, 0.05) is 6.42 Å². The summed E-state index contributed by atoms with van der Waals surface area (Å²) < 4.78 is 18.5. The lowest BCUT2D eigenvalue weighted by Crippen LogP contribution is -1.97. The van der Waals surface area contributed by atoms with Crippen LogP contribution in [0.3, 0.4) is 0 Å². The van der Waals surface area contributed by atoms with Crippen molar-refractivity contribution in [3.05, 3.63) is 65.5 Å². The van der Waals surface area contributed by atoms with Gasteiger partial charge in [-0.25, -0.2) is 4.39 Å². The number of aryl methyl sites for hydroxylation is 1. The van der Waals surface area contributed by atoms with E-state index in [0.29, 0.717) is 13.0 Å². The molecule has 2 nitrogen and oxygen atoms in total. The Morgan fingerprint density at radius 2 is 1.85 bits per heavy atom. The minimum atomic E-state index is -0.250. The van der Waals surface area contributed by atoms with E-state index in [2.05, 4.69) is 0 Å². The van der Waals surface area contributed by atoms with Crippen molar-refractivity contribution in [3.63, 3.8) is 0 Å². The maximum Gasteiger partial charge on any atom is 0.130 e. The monoisotopic (exact) mass is 272 g/mol. The SMILES string of the molecule is CC(=O)CCc1cccc(OCc2ccc(F)cc2)c1. The van der Waals surface area contributed by atoms with E-state index in [1.54, 1.807) is 19.1 Å². The van der Waals surface area contributed by atoms with Crippen molar-refractivity contribution in [2.24, 2.45) is 0 Å². The standard InChI is InChI=1S/C17H17FO2/c1-13(19)5-6-14-3-2-4-17(11-14)20-12-15-7-9-16(18)10-8-15/h2-4,7-11H,5-6,12H2,1H3. The summed E-state index contributed by atoms with van der Waals surface area (Å²) in [4.78, 5) is 11.0. The highest BCUT2D eigenvalue weighted by Crippen LogP contribution is 2.16. The molecule has 0 N–H and O–H groups in total. The maximum atomic E-state index is 12.8. The number of ketones is 1. The highest BCUT2D eigenvalue weighted by molar-refractivity contribution is 5.75. The summed E-state index contributed by atoms with van der Waals surface area (Å²) in [6, 6.07) is 13.9. The number of Topliss-reactive ketones (excluding diaryl/α,β-unsaturated/α-hetero) is 1. The van der Waals surface area contributed by atoms with E-state index in [4.69, 9.17) is 4.74 Å². The molecule has 0 heterocycles. The van der Waals surface area contributed by atoms with Gasteiger partial charge >= 0.3 is 0 Å². The molecule has 3 heteroatoms. The summed E-state index contributed by atoms with van der Waals surface area (Å²) >= 11 is 0. The van der Waals surface area contributed by atoms with Gasteiger partial charge < -0.3 is 9.53 Å². The first-order valence-electron chi connectivity index (χ1n) is 6.59. The highest BCUT2D eigenvalue weighted by Gasteiger charge is 2.00. The molecule has 0 fully saturated rings. The normalized spacial score (nSPS) is 10.3. The fraction of sp³-hybridized carbons (Fsp3) is 0.235. The molecule has 0 bridgehead atoms. The Kier molecular flexibility index (Phi) is 4.88. The lowest BCUT2D eigenvalue weighted by molar-refractivity contribution is -0.116. The summed E-state index contributed by atoms with van der Waals surface area (Å²) in [5.74, 6) is 0.693. The first-order valence-corrected chi connectivity index (χ1v) is 6.59. The number of benzene rings is 2. The second-order valence-corrected chi connectivity index (χ2v) is 4.76. The number of rotatable bonds is 6. The molecule has 2 aromatic carbocycles. The van der Waals surface area contributed by atoms with E-state index in [0.717, 1.165) is 23.3 Å². The third-order valence-corrected chi connectivity index (χ3v) is 2.98. The van der Waals surface area contributed by atoms with Crippen LogP contribution in [0.1, 0.15) is 24.5 Å². The molecule has 0 saturated heterocycles. The maximum absolute atomic E-state index is 12.8. The molecule has 0 aliphatic carbocycles. The van der Waals surface area contributed by atoms with Crippen molar-refractivity contribution in [1.82, 2.24) is 0 Å². The van der Waals surface area contributed by atoms with Gasteiger partial charge in [0.25, 0.3) is 0 Å². The molecular formula is C17H17FO2. The van der Waals surface area contributed by atoms with Crippen LogP contribution >= 0.6 is 0 Å². The van der Waals surface area contributed by atoms with Crippen molar-refractivity contribution in [1.29, 1.82) is 0 Å². The van der Waals surface area contributed by atoms with E-state index < -0.39 is 0 Å². The van der Waals surface area contributed by atoms with Gasteiger partial charge in [0.2, 0.25) is 0 Å². The molecule has 0 unspecified atom stereocenters. The summed E-state index contributed by atoms with van der Waals surface area (Å²) in [5.41, 5.74) is 2.00. The lowest BCUT2D eigenvalue weighted by atomic mass is 10.1. The van der Waals surface area contributed by atoms with Crippen molar-refractivity contribution >= 4 is 5.78 Å². The average Bonchev–Trinajstić information content (AvgIpc) is 2.45. The molecule has 0 amide bonds. The Morgan fingerprint density at radius 1 is 1.10 bits per heavy atom. The zero-order chi connectivity index (χ0) is 14.4. The minimum absolute atomic E-state index is 0.183. The average molecular weight is 272 g/mol. The zero-order valence-corrected chi connectivity index (χ0v) is 11.4. The van der Waals surface area contributed by atoms with Gasteiger partial charge in [-0.15, -0.1) is 0 Å². The van der Waals surface area contributed by atoms with Crippen molar-refractivity contribution in [3.8, 4) is 5.75 Å². The number of halogens is 1. The number of hydrogen-bond acceptors (Lipinski definition) is 2. The fourth-order valence-corrected chi connectivity index (χ4v) is 1.86. The van der Waals surface area contributed by atoms with Gasteiger partial charge in [-0.05, 0) is 48.7 Å². The van der Waals surface area contributed by atoms with Crippen LogP contribution in [-0.4, -0.2) is 5.78 Å². The lowest BCUT2D eigenvalue weighted by Gasteiger charge is -2.08. The summed E-state index contributed by atoms with van der Waals surface area (Å²) in [5, 5.41) is 0. The van der Waals surface area contributed by atoms with Crippen LogP contribution < -0.4 is 4.74 Å². The van der Waals surface area contributed by atoms with Gasteiger partial charge in [-0.2, -0.15) is 0 Å². The van der Waals surface area contributed by atoms with Crippen LogP contribution in [0.5, 0.6) is 5.75 Å². The van der Waals surface area contributed by atoms with Crippen LogP contribution in [0.25, 0.3) is 0 Å². The number of carbonyl (C=O) groups excluding carboxylic acids is 1. The number of carbonyl (C=O) groups is 1. The van der Waals surface area contributed by atoms with E-state index >= 15 is 0 Å². The van der Waals surface area contributed by atoms with E-state index in [1.807, 2.05) is 24.3 Å². The largest absolute Gasteiger partial charge is 0.489 e. The molecule has 0 aliphatic heterocycles. The molecule has 2 rings (SSSR count). The molecular weight excluding hydrogens is 255 g/mol. The summed E-state index contributed by atoms with van der Waals surface area (Å²) in [7, 11) is 0. The van der Waals surface area contributed by atoms with Gasteiger partial charge in [0.15, 0.2) is 0 Å². The van der Waals surface area contributed by atoms with Crippen LogP contribution in [-0.2, 0) is 17.8 Å². The van der Waals surface area contributed by atoms with Crippen LogP contribution in [0.15, 0.2) is 48.5 Å². The molecule has 0 atom stereocenters. The number of hydrogen-bond donors (Lipinski definition) is 0. The molecule has 0 spiro atoms. The van der Waals surface area contributed by atoms with E-state index in [1.165, 1.54) is 12.1 Å². The predicted molar refractivity (Wildman–Crippen MR) is 76.2 cm³/mol. The molecule has 0 aliphatic rings. The van der Waals surface area contributed by atoms with Gasteiger partial charge in [0.1, 0.15) is 24.0 Å². The smallest absolute Gasteiger partial charge is 0.130 e. The topological polar surface area (TPSA) is 26.3 Å². The first-order chi connectivity index (χ1) is 9.63. The minimum Gasteiger partial charge on any atom is -0.489 e. The van der Waals surface area contributed by atoms with Crippen LogP contribution in [0, 0.1) is 5.82 Å². The highest BCUT2D eigenvalue weighted by atomic mass is 19.1. The first kappa shape index (κ1) is 14.3. The third kappa shape index (κ3) is 4.50. The summed E-state index contributed by atoms with van der Waals surface area (Å²) in [6.45, 7) is 1.99. The Bertz CT molecular complexity index is 576. The quantitative estimate of drug-likeness (QED) is 0.796. The van der Waals surface area contributed by atoms with E-state index in [9.17, 15) is 9.18 Å². The Labute approximate surface area is 118 Å². The second-order valence-electron chi connectivity index (χ2n) is 4.76. The molecule has 104 valence electrons. The molecule has 20 heavy (non-hydrogen) atoms. The second kappa shape index (κ2) is 6.85. The Hall–Kier alpha value is -2.16. The number of ether oxygens (including phenoxy) is 1. The van der Waals surface area contributed by atoms with Crippen molar-refractivity contribution in [2.45, 2.75) is 26.4 Å². The van der Waals surface area contributed by atoms with Gasteiger partial charge in [-0.3, -0.25) is 0 Å². The van der Waals surface area contributed by atoms with Gasteiger partial charge in [0.05, 0.1) is 0 Å². The Morgan fingerprint density at radius 3 is 2.55 bits per heavy atom.